The first-order valence-corrected chi connectivity index (χ1v) is 7.88. The Morgan fingerprint density at radius 2 is 1.59 bits per heavy atom. The van der Waals surface area contributed by atoms with Crippen molar-refractivity contribution in [2.45, 2.75) is 26.2 Å². The summed E-state index contributed by atoms with van der Waals surface area (Å²) in [5, 5.41) is 0. The molecule has 0 unspecified atom stereocenters. The van der Waals surface area contributed by atoms with Gasteiger partial charge >= 0.3 is 0 Å². The van der Waals surface area contributed by atoms with Crippen LogP contribution in [0.3, 0.4) is 0 Å². The Hall–Kier alpha value is -2.41. The van der Waals surface area contributed by atoms with E-state index in [-0.39, 0.29) is 0 Å². The van der Waals surface area contributed by atoms with Crippen LogP contribution in [0.25, 0.3) is 11.3 Å². The molecule has 0 aliphatic rings. The largest absolute Gasteiger partial charge is 0.256 e. The molecule has 3 rings (SSSR count). The van der Waals surface area contributed by atoms with Crippen molar-refractivity contribution in [3.8, 4) is 11.3 Å². The van der Waals surface area contributed by atoms with Crippen LogP contribution < -0.4 is 0 Å². The molecule has 0 atom stereocenters. The molecule has 1 aromatic heterocycles. The SMILES string of the molecule is Cc1cccc(CCCc2ccccc2)c1-c1ccccn1. The number of hydrogen-bond acceptors (Lipinski definition) is 1. The highest BCUT2D eigenvalue weighted by Gasteiger charge is 2.08. The molecule has 1 nitrogen and oxygen atoms in total. The van der Waals surface area contributed by atoms with Crippen LogP contribution in [0.1, 0.15) is 23.1 Å². The summed E-state index contributed by atoms with van der Waals surface area (Å²) >= 11 is 0. The first-order valence-electron chi connectivity index (χ1n) is 7.88. The summed E-state index contributed by atoms with van der Waals surface area (Å²) in [6.45, 7) is 2.17. The third-order valence-electron chi connectivity index (χ3n) is 4.03. The molecular weight excluding hydrogens is 266 g/mol. The second-order valence-electron chi connectivity index (χ2n) is 5.66. The Bertz CT molecular complexity index is 717. The van der Waals surface area contributed by atoms with Gasteiger partial charge in [0, 0.05) is 11.8 Å². The third-order valence-corrected chi connectivity index (χ3v) is 4.03. The fraction of sp³-hybridized carbons (Fsp3) is 0.190. The van der Waals surface area contributed by atoms with Crippen LogP contribution in [0.15, 0.2) is 72.9 Å². The summed E-state index contributed by atoms with van der Waals surface area (Å²) in [4.78, 5) is 4.54. The maximum absolute atomic E-state index is 4.54. The minimum absolute atomic E-state index is 1.08. The lowest BCUT2D eigenvalue weighted by Gasteiger charge is -2.12. The van der Waals surface area contributed by atoms with Crippen molar-refractivity contribution in [2.75, 3.05) is 0 Å². The third kappa shape index (κ3) is 3.43. The smallest absolute Gasteiger partial charge is 0.0707 e. The van der Waals surface area contributed by atoms with Gasteiger partial charge in [0.1, 0.15) is 0 Å². The number of nitrogens with zero attached hydrogens (tertiary/aromatic N) is 1. The molecular formula is C21H21N. The lowest BCUT2D eigenvalue weighted by molar-refractivity contribution is 0.821. The summed E-state index contributed by atoms with van der Waals surface area (Å²) in [7, 11) is 0. The van der Waals surface area contributed by atoms with E-state index in [9.17, 15) is 0 Å². The van der Waals surface area contributed by atoms with Crippen LogP contribution in [0.5, 0.6) is 0 Å². The molecule has 3 aromatic rings. The summed E-state index contributed by atoms with van der Waals surface area (Å²) in [6, 6.07) is 23.4. The van der Waals surface area contributed by atoms with Crippen molar-refractivity contribution in [2.24, 2.45) is 0 Å². The number of rotatable bonds is 5. The number of aryl methyl sites for hydroxylation is 3. The van der Waals surface area contributed by atoms with Crippen molar-refractivity contribution in [3.63, 3.8) is 0 Å². The number of hydrogen-bond donors (Lipinski definition) is 0. The van der Waals surface area contributed by atoms with Gasteiger partial charge in [0.25, 0.3) is 0 Å². The number of benzene rings is 2. The Balaban J connectivity index is 1.78. The minimum atomic E-state index is 1.08. The quantitative estimate of drug-likeness (QED) is 0.626. The summed E-state index contributed by atoms with van der Waals surface area (Å²) in [6.07, 6.45) is 5.24. The van der Waals surface area contributed by atoms with Gasteiger partial charge in [-0.25, -0.2) is 0 Å². The highest BCUT2D eigenvalue weighted by molar-refractivity contribution is 5.67. The molecule has 0 aliphatic carbocycles. The second-order valence-corrected chi connectivity index (χ2v) is 5.66. The first kappa shape index (κ1) is 14.5. The van der Waals surface area contributed by atoms with Crippen LogP contribution in [-0.4, -0.2) is 4.98 Å². The van der Waals surface area contributed by atoms with Gasteiger partial charge in [-0.3, -0.25) is 4.98 Å². The highest BCUT2D eigenvalue weighted by atomic mass is 14.7. The predicted octanol–water partition coefficient (Wildman–Crippen LogP) is 5.23. The monoisotopic (exact) mass is 287 g/mol. The molecule has 0 fully saturated rings. The zero-order valence-electron chi connectivity index (χ0n) is 13.0. The van der Waals surface area contributed by atoms with E-state index < -0.39 is 0 Å². The molecule has 0 spiro atoms. The van der Waals surface area contributed by atoms with E-state index >= 15 is 0 Å². The fourth-order valence-corrected chi connectivity index (χ4v) is 2.94. The normalized spacial score (nSPS) is 10.6. The van der Waals surface area contributed by atoms with E-state index in [1.54, 1.807) is 0 Å². The molecule has 0 bridgehead atoms. The zero-order chi connectivity index (χ0) is 15.2. The average Bonchev–Trinajstić information content (AvgIpc) is 2.57. The molecule has 110 valence electrons. The van der Waals surface area contributed by atoms with Crippen molar-refractivity contribution in [1.29, 1.82) is 0 Å². The predicted molar refractivity (Wildman–Crippen MR) is 92.9 cm³/mol. The molecule has 0 saturated carbocycles. The van der Waals surface area contributed by atoms with Gasteiger partial charge in [-0.05, 0) is 55.0 Å². The standard InChI is InChI=1S/C21H21N/c1-17-9-7-13-19(21(17)20-15-5-6-16-22-20)14-8-12-18-10-3-2-4-11-18/h2-7,9-11,13,15-16H,8,12,14H2,1H3. The van der Waals surface area contributed by atoms with E-state index in [0.717, 1.165) is 25.0 Å². The Morgan fingerprint density at radius 1 is 0.773 bits per heavy atom. The lowest BCUT2D eigenvalue weighted by atomic mass is 9.94. The summed E-state index contributed by atoms with van der Waals surface area (Å²) in [5.41, 5.74) is 6.49. The number of aromatic nitrogens is 1. The van der Waals surface area contributed by atoms with E-state index in [1.807, 2.05) is 12.3 Å². The highest BCUT2D eigenvalue weighted by Crippen LogP contribution is 2.27. The van der Waals surface area contributed by atoms with E-state index in [1.165, 1.54) is 22.3 Å². The molecule has 0 amide bonds. The van der Waals surface area contributed by atoms with Gasteiger partial charge in [-0.2, -0.15) is 0 Å². The van der Waals surface area contributed by atoms with E-state index in [4.69, 9.17) is 0 Å². The second kappa shape index (κ2) is 7.04. The molecule has 0 saturated heterocycles. The van der Waals surface area contributed by atoms with Crippen LogP contribution >= 0.6 is 0 Å². The fourth-order valence-electron chi connectivity index (χ4n) is 2.94. The molecule has 2 aromatic carbocycles. The van der Waals surface area contributed by atoms with Gasteiger partial charge < -0.3 is 0 Å². The van der Waals surface area contributed by atoms with Crippen LogP contribution in [0.4, 0.5) is 0 Å². The maximum atomic E-state index is 4.54. The van der Waals surface area contributed by atoms with Crippen molar-refractivity contribution in [3.05, 3.63) is 89.6 Å². The van der Waals surface area contributed by atoms with Crippen molar-refractivity contribution in [1.82, 2.24) is 4.98 Å². The molecule has 1 heterocycles. The average molecular weight is 287 g/mol. The molecule has 1 heteroatoms. The molecule has 0 radical (unpaired) electrons. The van der Waals surface area contributed by atoms with Gasteiger partial charge in [-0.1, -0.05) is 54.6 Å². The Labute approximate surface area is 132 Å². The zero-order valence-corrected chi connectivity index (χ0v) is 13.0. The van der Waals surface area contributed by atoms with Gasteiger partial charge in [0.2, 0.25) is 0 Å². The summed E-state index contributed by atoms with van der Waals surface area (Å²) < 4.78 is 0. The Morgan fingerprint density at radius 3 is 2.36 bits per heavy atom. The van der Waals surface area contributed by atoms with Gasteiger partial charge in [-0.15, -0.1) is 0 Å². The Kier molecular flexibility index (Phi) is 4.65. The lowest BCUT2D eigenvalue weighted by Crippen LogP contribution is -1.96. The number of pyridine rings is 1. The van der Waals surface area contributed by atoms with Crippen LogP contribution in [0, 0.1) is 6.92 Å². The van der Waals surface area contributed by atoms with Crippen LogP contribution in [-0.2, 0) is 12.8 Å². The molecule has 0 aliphatic heterocycles. The maximum Gasteiger partial charge on any atom is 0.0707 e. The van der Waals surface area contributed by atoms with Crippen LogP contribution in [0.2, 0.25) is 0 Å². The van der Waals surface area contributed by atoms with Gasteiger partial charge in [0.15, 0.2) is 0 Å². The van der Waals surface area contributed by atoms with E-state index in [2.05, 4.69) is 72.6 Å². The topological polar surface area (TPSA) is 12.9 Å². The summed E-state index contributed by atoms with van der Waals surface area (Å²) in [5.74, 6) is 0. The minimum Gasteiger partial charge on any atom is -0.256 e. The molecule has 22 heavy (non-hydrogen) atoms. The van der Waals surface area contributed by atoms with E-state index in [0.29, 0.717) is 0 Å². The first-order chi connectivity index (χ1) is 10.8. The van der Waals surface area contributed by atoms with Crippen molar-refractivity contribution >= 4 is 0 Å². The molecule has 0 N–H and O–H groups in total. The van der Waals surface area contributed by atoms with Crippen molar-refractivity contribution < 1.29 is 0 Å². The van der Waals surface area contributed by atoms with Gasteiger partial charge in [0.05, 0.1) is 5.69 Å².